The molecule has 0 aromatic rings. The third-order valence-corrected chi connectivity index (χ3v) is 2.91. The SMILES string of the molecule is CC(C)N1CCN2CC(C)(C)O[C@@H]21. The van der Waals surface area contributed by atoms with E-state index in [4.69, 9.17) is 4.74 Å². The second-order valence-electron chi connectivity index (χ2n) is 5.01. The standard InChI is InChI=1S/C10H20N2O/c1-8(2)12-6-5-11-7-10(3,4)13-9(11)12/h8-9H,5-7H2,1-4H3/t9-/m0/s1. The lowest BCUT2D eigenvalue weighted by molar-refractivity contribution is -0.108. The van der Waals surface area contributed by atoms with Crippen LogP contribution in [0.4, 0.5) is 0 Å². The molecule has 2 aliphatic heterocycles. The fraction of sp³-hybridized carbons (Fsp3) is 1.00. The molecule has 0 spiro atoms. The zero-order chi connectivity index (χ0) is 9.64. The van der Waals surface area contributed by atoms with Crippen LogP contribution in [0.15, 0.2) is 0 Å². The fourth-order valence-corrected chi connectivity index (χ4v) is 2.30. The average molecular weight is 184 g/mol. The Morgan fingerprint density at radius 1 is 1.31 bits per heavy atom. The molecular weight excluding hydrogens is 164 g/mol. The van der Waals surface area contributed by atoms with Gasteiger partial charge in [0.1, 0.15) is 0 Å². The number of nitrogens with zero attached hydrogens (tertiary/aromatic N) is 2. The van der Waals surface area contributed by atoms with Crippen molar-refractivity contribution >= 4 is 0 Å². The van der Waals surface area contributed by atoms with Crippen molar-refractivity contribution in [3.8, 4) is 0 Å². The highest BCUT2D eigenvalue weighted by Crippen LogP contribution is 2.31. The van der Waals surface area contributed by atoms with E-state index in [-0.39, 0.29) is 12.0 Å². The Morgan fingerprint density at radius 2 is 2.00 bits per heavy atom. The first-order valence-electron chi connectivity index (χ1n) is 5.17. The zero-order valence-corrected chi connectivity index (χ0v) is 9.08. The van der Waals surface area contributed by atoms with Gasteiger partial charge in [0.15, 0.2) is 6.35 Å². The van der Waals surface area contributed by atoms with Gasteiger partial charge in [-0.3, -0.25) is 9.80 Å². The van der Waals surface area contributed by atoms with E-state index in [2.05, 4.69) is 37.5 Å². The minimum absolute atomic E-state index is 0.0399. The monoisotopic (exact) mass is 184 g/mol. The molecule has 2 fully saturated rings. The molecule has 0 aliphatic carbocycles. The number of hydrogen-bond donors (Lipinski definition) is 0. The molecule has 1 atom stereocenters. The predicted octanol–water partition coefficient (Wildman–Crippen LogP) is 1.10. The zero-order valence-electron chi connectivity index (χ0n) is 9.08. The highest BCUT2D eigenvalue weighted by atomic mass is 16.6. The van der Waals surface area contributed by atoms with E-state index in [0.29, 0.717) is 6.04 Å². The summed E-state index contributed by atoms with van der Waals surface area (Å²) in [6.07, 6.45) is 0.245. The normalized spacial score (nSPS) is 34.4. The van der Waals surface area contributed by atoms with Gasteiger partial charge in [-0.25, -0.2) is 0 Å². The smallest absolute Gasteiger partial charge is 0.169 e. The molecule has 0 aromatic carbocycles. The van der Waals surface area contributed by atoms with Gasteiger partial charge in [0.25, 0.3) is 0 Å². The molecule has 76 valence electrons. The van der Waals surface area contributed by atoms with Gasteiger partial charge in [-0.2, -0.15) is 0 Å². The van der Waals surface area contributed by atoms with Crippen molar-refractivity contribution in [2.24, 2.45) is 0 Å². The Kier molecular flexibility index (Phi) is 2.13. The predicted molar refractivity (Wildman–Crippen MR) is 52.4 cm³/mol. The van der Waals surface area contributed by atoms with Crippen LogP contribution in [0.25, 0.3) is 0 Å². The van der Waals surface area contributed by atoms with Crippen molar-refractivity contribution in [3.63, 3.8) is 0 Å². The molecule has 2 saturated heterocycles. The second kappa shape index (κ2) is 2.94. The van der Waals surface area contributed by atoms with Gasteiger partial charge in [-0.05, 0) is 27.7 Å². The van der Waals surface area contributed by atoms with Crippen molar-refractivity contribution < 1.29 is 4.74 Å². The van der Waals surface area contributed by atoms with Crippen LogP contribution in [0, 0.1) is 0 Å². The summed E-state index contributed by atoms with van der Waals surface area (Å²) in [6, 6.07) is 0.587. The Labute approximate surface area is 80.6 Å². The van der Waals surface area contributed by atoms with E-state index in [9.17, 15) is 0 Å². The highest BCUT2D eigenvalue weighted by molar-refractivity contribution is 4.90. The van der Waals surface area contributed by atoms with Gasteiger partial charge in [-0.15, -0.1) is 0 Å². The summed E-state index contributed by atoms with van der Waals surface area (Å²) < 4.78 is 6.00. The molecule has 0 radical (unpaired) electrons. The molecular formula is C10H20N2O. The Hall–Kier alpha value is -0.120. The molecule has 0 bridgehead atoms. The van der Waals surface area contributed by atoms with Crippen molar-refractivity contribution in [1.82, 2.24) is 9.80 Å². The lowest BCUT2D eigenvalue weighted by atomic mass is 10.1. The Morgan fingerprint density at radius 3 is 2.62 bits per heavy atom. The Balaban J connectivity index is 2.08. The summed E-state index contributed by atoms with van der Waals surface area (Å²) in [5, 5.41) is 0. The number of hydrogen-bond acceptors (Lipinski definition) is 3. The summed E-state index contributed by atoms with van der Waals surface area (Å²) in [7, 11) is 0. The second-order valence-corrected chi connectivity index (χ2v) is 5.01. The summed E-state index contributed by atoms with van der Waals surface area (Å²) in [4.78, 5) is 4.86. The molecule has 2 aliphatic rings. The molecule has 0 aromatic heterocycles. The van der Waals surface area contributed by atoms with Crippen LogP contribution in [0.1, 0.15) is 27.7 Å². The molecule has 2 heterocycles. The molecule has 0 amide bonds. The van der Waals surface area contributed by atoms with Crippen LogP contribution in [0.3, 0.4) is 0 Å². The molecule has 3 nitrogen and oxygen atoms in total. The first-order chi connectivity index (χ1) is 5.99. The van der Waals surface area contributed by atoms with Gasteiger partial charge < -0.3 is 4.74 Å². The minimum atomic E-state index is 0.0399. The van der Waals surface area contributed by atoms with E-state index in [0.717, 1.165) is 19.6 Å². The Bertz CT molecular complexity index is 203. The number of rotatable bonds is 1. The molecule has 0 N–H and O–H groups in total. The third kappa shape index (κ3) is 1.60. The maximum absolute atomic E-state index is 6.00. The van der Waals surface area contributed by atoms with Crippen molar-refractivity contribution in [3.05, 3.63) is 0 Å². The first kappa shape index (κ1) is 9.44. The molecule has 3 heteroatoms. The fourth-order valence-electron chi connectivity index (χ4n) is 2.30. The summed E-state index contributed by atoms with van der Waals surface area (Å²) in [6.45, 7) is 12.2. The van der Waals surface area contributed by atoms with Crippen LogP contribution in [-0.4, -0.2) is 47.4 Å². The molecule has 2 rings (SSSR count). The van der Waals surface area contributed by atoms with Gasteiger partial charge in [0.2, 0.25) is 0 Å². The van der Waals surface area contributed by atoms with E-state index in [1.54, 1.807) is 0 Å². The van der Waals surface area contributed by atoms with Crippen LogP contribution in [0.5, 0.6) is 0 Å². The van der Waals surface area contributed by atoms with Crippen LogP contribution in [0.2, 0.25) is 0 Å². The van der Waals surface area contributed by atoms with Gasteiger partial charge in [-0.1, -0.05) is 0 Å². The maximum Gasteiger partial charge on any atom is 0.169 e. The van der Waals surface area contributed by atoms with Gasteiger partial charge in [0.05, 0.1) is 5.60 Å². The number of fused-ring (bicyclic) bond motifs is 1. The lowest BCUT2D eigenvalue weighted by Gasteiger charge is -2.28. The van der Waals surface area contributed by atoms with Crippen LogP contribution < -0.4 is 0 Å². The van der Waals surface area contributed by atoms with E-state index in [1.807, 2.05) is 0 Å². The van der Waals surface area contributed by atoms with Gasteiger partial charge >= 0.3 is 0 Å². The highest BCUT2D eigenvalue weighted by Gasteiger charge is 2.45. The van der Waals surface area contributed by atoms with E-state index >= 15 is 0 Å². The van der Waals surface area contributed by atoms with Crippen LogP contribution in [-0.2, 0) is 4.74 Å². The quantitative estimate of drug-likeness (QED) is 0.607. The summed E-state index contributed by atoms with van der Waals surface area (Å²) in [5.74, 6) is 0. The lowest BCUT2D eigenvalue weighted by Crippen LogP contribution is -2.40. The summed E-state index contributed by atoms with van der Waals surface area (Å²) >= 11 is 0. The molecule has 0 unspecified atom stereocenters. The third-order valence-electron chi connectivity index (χ3n) is 2.91. The summed E-state index contributed by atoms with van der Waals surface area (Å²) in [5.41, 5.74) is 0.0399. The largest absolute Gasteiger partial charge is 0.342 e. The molecule has 13 heavy (non-hydrogen) atoms. The van der Waals surface area contributed by atoms with Gasteiger partial charge in [0, 0.05) is 25.7 Å². The minimum Gasteiger partial charge on any atom is -0.342 e. The topological polar surface area (TPSA) is 15.7 Å². The average Bonchev–Trinajstić information content (AvgIpc) is 2.41. The van der Waals surface area contributed by atoms with Crippen molar-refractivity contribution in [2.75, 3.05) is 19.6 Å². The first-order valence-corrected chi connectivity index (χ1v) is 5.17. The number of ether oxygens (including phenoxy) is 1. The molecule has 0 saturated carbocycles. The van der Waals surface area contributed by atoms with E-state index < -0.39 is 0 Å². The van der Waals surface area contributed by atoms with Crippen LogP contribution >= 0.6 is 0 Å². The maximum atomic E-state index is 6.00. The van der Waals surface area contributed by atoms with E-state index in [1.165, 1.54) is 0 Å². The van der Waals surface area contributed by atoms with Crippen molar-refractivity contribution in [2.45, 2.75) is 45.7 Å². The van der Waals surface area contributed by atoms with Crippen molar-refractivity contribution in [1.29, 1.82) is 0 Å².